The number of phenolic OH excluding ortho intramolecular Hbond substituents is 2. The van der Waals surface area contributed by atoms with Crippen molar-refractivity contribution in [3.63, 3.8) is 0 Å². The topological polar surface area (TPSA) is 104 Å². The van der Waals surface area contributed by atoms with Crippen LogP contribution in [0.4, 0.5) is 0 Å². The maximum atomic E-state index is 10.4. The van der Waals surface area contributed by atoms with Crippen LogP contribution in [-0.2, 0) is 11.2 Å². The summed E-state index contributed by atoms with van der Waals surface area (Å²) in [7, 11) is 0. The summed E-state index contributed by atoms with van der Waals surface area (Å²) in [5.74, 6) is -1.62. The summed E-state index contributed by atoms with van der Waals surface area (Å²) in [6.45, 7) is 0. The Labute approximate surface area is 80.4 Å². The van der Waals surface area contributed by atoms with Gasteiger partial charge in [0.05, 0.1) is 0 Å². The molecule has 5 N–H and O–H groups in total. The van der Waals surface area contributed by atoms with E-state index in [2.05, 4.69) is 0 Å². The zero-order valence-electron chi connectivity index (χ0n) is 7.34. The second-order valence-corrected chi connectivity index (χ2v) is 2.97. The van der Waals surface area contributed by atoms with Crippen molar-refractivity contribution in [2.24, 2.45) is 5.73 Å². The summed E-state index contributed by atoms with van der Waals surface area (Å²) in [5.41, 5.74) is 5.86. The van der Waals surface area contributed by atoms with Gasteiger partial charge in [-0.2, -0.15) is 0 Å². The van der Waals surface area contributed by atoms with E-state index in [0.717, 1.165) is 0 Å². The molecule has 0 saturated heterocycles. The highest BCUT2D eigenvalue weighted by Crippen LogP contribution is 2.25. The molecule has 0 fully saturated rings. The third-order valence-electron chi connectivity index (χ3n) is 1.81. The van der Waals surface area contributed by atoms with E-state index < -0.39 is 12.0 Å². The first kappa shape index (κ1) is 10.3. The summed E-state index contributed by atoms with van der Waals surface area (Å²) in [6.07, 6.45) is 0.114. The third-order valence-corrected chi connectivity index (χ3v) is 1.81. The van der Waals surface area contributed by atoms with E-state index in [1.165, 1.54) is 18.2 Å². The Kier molecular flexibility index (Phi) is 2.93. The Morgan fingerprint density at radius 2 is 2.00 bits per heavy atom. The monoisotopic (exact) mass is 196 g/mol. The molecule has 14 heavy (non-hydrogen) atoms. The Morgan fingerprint density at radius 3 is 2.50 bits per heavy atom. The van der Waals surface area contributed by atoms with Crippen molar-refractivity contribution in [3.8, 4) is 11.5 Å². The molecule has 1 aromatic rings. The number of carbonyl (C=O) groups is 1. The normalized spacial score (nSPS) is 12.4. The van der Waals surface area contributed by atoms with Crippen molar-refractivity contribution in [1.82, 2.24) is 0 Å². The molecule has 0 aromatic heterocycles. The van der Waals surface area contributed by atoms with Crippen LogP contribution < -0.4 is 5.73 Å². The van der Waals surface area contributed by atoms with Gasteiger partial charge < -0.3 is 21.1 Å². The van der Waals surface area contributed by atoms with Gasteiger partial charge in [0.2, 0.25) is 0 Å². The van der Waals surface area contributed by atoms with E-state index in [9.17, 15) is 4.79 Å². The number of phenols is 2. The van der Waals surface area contributed by atoms with Gasteiger partial charge in [0.1, 0.15) is 6.04 Å². The average Bonchev–Trinajstić information content (AvgIpc) is 2.11. The molecule has 0 heterocycles. The SMILES string of the molecule is N[C@@H](Cc1ccc(O)[11c](O)c1)C(=O)O. The number of carboxylic acids is 1. The van der Waals surface area contributed by atoms with Gasteiger partial charge in [0.25, 0.3) is 0 Å². The quantitative estimate of drug-likeness (QED) is 0.511. The first-order valence-corrected chi connectivity index (χ1v) is 4.00. The van der Waals surface area contributed by atoms with Gasteiger partial charge >= 0.3 is 5.97 Å². The molecule has 5 nitrogen and oxygen atoms in total. The van der Waals surface area contributed by atoms with Crippen molar-refractivity contribution in [3.05, 3.63) is 23.8 Å². The number of rotatable bonds is 3. The first-order valence-electron chi connectivity index (χ1n) is 4.00. The van der Waals surface area contributed by atoms with Crippen LogP contribution in [0.2, 0.25) is 0 Å². The van der Waals surface area contributed by atoms with Crippen LogP contribution in [0.1, 0.15) is 5.56 Å². The van der Waals surface area contributed by atoms with Crippen molar-refractivity contribution >= 4 is 5.97 Å². The molecular weight excluding hydrogens is 185 g/mol. The fourth-order valence-electron chi connectivity index (χ4n) is 1.04. The number of aliphatic carboxylic acids is 1. The number of nitrogens with two attached hydrogens (primary N) is 1. The molecule has 0 unspecified atom stereocenters. The standard InChI is InChI=1S/C9H11NO4/c10-6(9(13)14)3-5-1-2-7(11)8(12)4-5/h1-2,4,6,11-12H,3,10H2,(H,13,14)/t6-/m0/s1/i8-1. The van der Waals surface area contributed by atoms with Crippen LogP contribution in [-0.4, -0.2) is 27.3 Å². The van der Waals surface area contributed by atoms with Crippen molar-refractivity contribution in [1.29, 1.82) is 0 Å². The number of carboxylic acid groups (broad SMARTS) is 1. The van der Waals surface area contributed by atoms with Crippen LogP contribution in [0, 0.1) is 0 Å². The van der Waals surface area contributed by atoms with Crippen LogP contribution in [0.5, 0.6) is 11.5 Å². The Balaban J connectivity index is 2.78. The Hall–Kier alpha value is -1.75. The van der Waals surface area contributed by atoms with Crippen LogP contribution >= 0.6 is 0 Å². The molecule has 0 saturated carbocycles. The molecule has 0 bridgehead atoms. The lowest BCUT2D eigenvalue weighted by Crippen LogP contribution is -2.32. The summed E-state index contributed by atoms with van der Waals surface area (Å²) in [4.78, 5) is 10.4. The smallest absolute Gasteiger partial charge is 0.320 e. The van der Waals surface area contributed by atoms with Gasteiger partial charge in [-0.05, 0) is 24.1 Å². The molecule has 0 aliphatic carbocycles. The first-order chi connectivity index (χ1) is 6.50. The lowest BCUT2D eigenvalue weighted by atomic mass is 9.89. The maximum Gasteiger partial charge on any atom is 0.320 e. The second kappa shape index (κ2) is 3.97. The van der Waals surface area contributed by atoms with Gasteiger partial charge in [0.15, 0.2) is 11.5 Å². The van der Waals surface area contributed by atoms with Gasteiger partial charge in [-0.3, -0.25) is 4.79 Å². The summed E-state index contributed by atoms with van der Waals surface area (Å²) >= 11 is 0. The lowest BCUT2D eigenvalue weighted by molar-refractivity contribution is -0.138. The highest BCUT2D eigenvalue weighted by molar-refractivity contribution is 5.73. The van der Waals surface area contributed by atoms with Crippen molar-refractivity contribution in [2.45, 2.75) is 12.5 Å². The maximum absolute atomic E-state index is 10.4. The Bertz CT molecular complexity index is 351. The fourth-order valence-corrected chi connectivity index (χ4v) is 1.04. The molecule has 5 heteroatoms. The van der Waals surface area contributed by atoms with Crippen LogP contribution in [0.3, 0.4) is 0 Å². The molecular formula is C9H11NO4. The summed E-state index contributed by atoms with van der Waals surface area (Å²) in [6, 6.07) is 3.09. The molecule has 0 aliphatic heterocycles. The highest BCUT2D eigenvalue weighted by atomic mass is 16.4. The predicted octanol–water partition coefficient (Wildman–Crippen LogP) is 0.0522. The van der Waals surface area contributed by atoms with E-state index in [4.69, 9.17) is 21.1 Å². The zero-order valence-corrected chi connectivity index (χ0v) is 7.34. The highest BCUT2D eigenvalue weighted by Gasteiger charge is 2.12. The summed E-state index contributed by atoms with van der Waals surface area (Å²) in [5, 5.41) is 26.6. The van der Waals surface area contributed by atoms with E-state index >= 15 is 0 Å². The fraction of sp³-hybridized carbons (Fsp3) is 0.222. The molecule has 76 valence electrons. The molecule has 0 amide bonds. The van der Waals surface area contributed by atoms with Gasteiger partial charge in [-0.25, -0.2) is 0 Å². The number of benzene rings is 1. The van der Waals surface area contributed by atoms with Gasteiger partial charge in [-0.15, -0.1) is 0 Å². The summed E-state index contributed by atoms with van der Waals surface area (Å²) < 4.78 is 0. The molecule has 0 radical (unpaired) electrons. The van der Waals surface area contributed by atoms with E-state index in [1.54, 1.807) is 0 Å². The Morgan fingerprint density at radius 1 is 1.36 bits per heavy atom. The van der Waals surface area contributed by atoms with Crippen molar-refractivity contribution in [2.75, 3.05) is 0 Å². The third kappa shape index (κ3) is 2.37. The van der Waals surface area contributed by atoms with Gasteiger partial charge in [0, 0.05) is 0 Å². The zero-order chi connectivity index (χ0) is 10.7. The predicted molar refractivity (Wildman–Crippen MR) is 49.1 cm³/mol. The van der Waals surface area contributed by atoms with Gasteiger partial charge in [-0.1, -0.05) is 6.07 Å². The number of hydrogen-bond donors (Lipinski definition) is 4. The van der Waals surface area contributed by atoms with E-state index in [0.29, 0.717) is 5.56 Å². The second-order valence-electron chi connectivity index (χ2n) is 2.97. The molecule has 0 spiro atoms. The van der Waals surface area contributed by atoms with E-state index in [1.807, 2.05) is 0 Å². The van der Waals surface area contributed by atoms with E-state index in [-0.39, 0.29) is 17.9 Å². The molecule has 1 rings (SSSR count). The lowest BCUT2D eigenvalue weighted by Gasteiger charge is -2.06. The molecule has 1 atom stereocenters. The minimum atomic E-state index is -1.10. The molecule has 0 aliphatic rings. The largest absolute Gasteiger partial charge is 0.504 e. The average molecular weight is 196 g/mol. The molecule has 1 aromatic carbocycles. The number of aromatic hydroxyl groups is 2. The van der Waals surface area contributed by atoms with Crippen LogP contribution in [0.25, 0.3) is 0 Å². The minimum Gasteiger partial charge on any atom is -0.504 e. The number of hydrogen-bond acceptors (Lipinski definition) is 4. The minimum absolute atomic E-state index is 0.114. The van der Waals surface area contributed by atoms with Crippen molar-refractivity contribution < 1.29 is 20.1 Å². The van der Waals surface area contributed by atoms with Crippen LogP contribution in [0.15, 0.2) is 18.2 Å².